The van der Waals surface area contributed by atoms with E-state index in [9.17, 15) is 4.79 Å². The molecule has 0 fully saturated rings. The van der Waals surface area contributed by atoms with Gasteiger partial charge >= 0.3 is 0 Å². The third-order valence-electron chi connectivity index (χ3n) is 2.36. The van der Waals surface area contributed by atoms with Gasteiger partial charge in [-0.25, -0.2) is 0 Å². The Kier molecular flexibility index (Phi) is 2.00. The minimum atomic E-state index is -0.0180. The Bertz CT molecular complexity index is 362. The zero-order chi connectivity index (χ0) is 9.42. The van der Waals surface area contributed by atoms with Gasteiger partial charge in [0.25, 0.3) is 5.91 Å². The quantitative estimate of drug-likeness (QED) is 0.676. The fourth-order valence-corrected chi connectivity index (χ4v) is 1.78. The van der Waals surface area contributed by atoms with E-state index >= 15 is 0 Å². The van der Waals surface area contributed by atoms with Crippen LogP contribution in [0.15, 0.2) is 18.2 Å². The molecule has 0 aliphatic carbocycles. The van der Waals surface area contributed by atoms with Crippen LogP contribution in [-0.4, -0.2) is 12.5 Å². The van der Waals surface area contributed by atoms with E-state index in [4.69, 9.17) is 11.6 Å². The van der Waals surface area contributed by atoms with Gasteiger partial charge in [-0.05, 0) is 23.6 Å². The van der Waals surface area contributed by atoms with Crippen LogP contribution in [0.5, 0.6) is 0 Å². The fourth-order valence-electron chi connectivity index (χ4n) is 1.61. The highest BCUT2D eigenvalue weighted by Gasteiger charge is 2.21. The summed E-state index contributed by atoms with van der Waals surface area (Å²) < 4.78 is 0. The highest BCUT2D eigenvalue weighted by Crippen LogP contribution is 2.25. The number of rotatable bonds is 0. The van der Waals surface area contributed by atoms with Gasteiger partial charge in [0.2, 0.25) is 0 Å². The van der Waals surface area contributed by atoms with Crippen molar-refractivity contribution in [1.29, 1.82) is 0 Å². The second-order valence-corrected chi connectivity index (χ2v) is 3.78. The second kappa shape index (κ2) is 3.04. The number of carbonyl (C=O) groups excluding carboxylic acids is 1. The molecule has 2 rings (SSSR count). The van der Waals surface area contributed by atoms with Gasteiger partial charge in [-0.2, -0.15) is 0 Å². The van der Waals surface area contributed by atoms with Gasteiger partial charge in [0, 0.05) is 17.1 Å². The van der Waals surface area contributed by atoms with E-state index in [1.165, 1.54) is 0 Å². The first-order valence-electron chi connectivity index (χ1n) is 4.26. The summed E-state index contributed by atoms with van der Waals surface area (Å²) in [5.74, 6) is 0.362. The van der Waals surface area contributed by atoms with Gasteiger partial charge in [0.05, 0.1) is 0 Å². The Balaban J connectivity index is 2.57. The Morgan fingerprint density at radius 3 is 3.08 bits per heavy atom. The molecule has 0 radical (unpaired) electrons. The third-order valence-corrected chi connectivity index (χ3v) is 2.59. The Labute approximate surface area is 81.9 Å². The number of carbonyl (C=O) groups is 1. The van der Waals surface area contributed by atoms with E-state index in [-0.39, 0.29) is 5.91 Å². The van der Waals surface area contributed by atoms with Crippen molar-refractivity contribution in [2.45, 2.75) is 12.8 Å². The van der Waals surface area contributed by atoms with Crippen molar-refractivity contribution in [1.82, 2.24) is 5.32 Å². The topological polar surface area (TPSA) is 29.1 Å². The molecule has 1 N–H and O–H groups in total. The maximum absolute atomic E-state index is 11.4. The number of hydrogen-bond donors (Lipinski definition) is 1. The lowest BCUT2D eigenvalue weighted by atomic mass is 9.92. The summed E-state index contributed by atoms with van der Waals surface area (Å²) in [4.78, 5) is 11.4. The predicted molar refractivity (Wildman–Crippen MR) is 52.2 cm³/mol. The molecule has 68 valence electrons. The van der Waals surface area contributed by atoms with Crippen LogP contribution in [0.4, 0.5) is 0 Å². The molecule has 1 aliphatic rings. The van der Waals surface area contributed by atoms with Gasteiger partial charge in [0.15, 0.2) is 0 Å². The Morgan fingerprint density at radius 1 is 1.54 bits per heavy atom. The summed E-state index contributed by atoms with van der Waals surface area (Å²) in [7, 11) is 0. The second-order valence-electron chi connectivity index (χ2n) is 3.34. The Hall–Kier alpha value is -1.02. The van der Waals surface area contributed by atoms with Crippen LogP contribution < -0.4 is 5.32 Å². The molecule has 1 unspecified atom stereocenters. The third kappa shape index (κ3) is 1.42. The standard InChI is InChI=1S/C10H10ClNO/c1-6-5-12-10(13)9-4-7(11)2-3-8(6)9/h2-4,6H,5H2,1H3,(H,12,13). The molecule has 0 saturated carbocycles. The molecule has 1 amide bonds. The number of fused-ring (bicyclic) bond motifs is 1. The summed E-state index contributed by atoms with van der Waals surface area (Å²) >= 11 is 5.81. The maximum Gasteiger partial charge on any atom is 0.251 e. The molecule has 0 saturated heterocycles. The highest BCUT2D eigenvalue weighted by atomic mass is 35.5. The summed E-state index contributed by atoms with van der Waals surface area (Å²) in [5.41, 5.74) is 1.81. The molecule has 1 heterocycles. The van der Waals surface area contributed by atoms with E-state index in [2.05, 4.69) is 12.2 Å². The van der Waals surface area contributed by atoms with Crippen molar-refractivity contribution >= 4 is 17.5 Å². The summed E-state index contributed by atoms with van der Waals surface area (Å²) in [6, 6.07) is 5.48. The van der Waals surface area contributed by atoms with Crippen LogP contribution in [0.25, 0.3) is 0 Å². The van der Waals surface area contributed by atoms with Gasteiger partial charge in [-0.1, -0.05) is 24.6 Å². The molecular weight excluding hydrogens is 186 g/mol. The van der Waals surface area contributed by atoms with E-state index in [0.29, 0.717) is 23.0 Å². The summed E-state index contributed by atoms with van der Waals surface area (Å²) in [6.07, 6.45) is 0. The smallest absolute Gasteiger partial charge is 0.251 e. The molecule has 1 aliphatic heterocycles. The molecule has 2 nitrogen and oxygen atoms in total. The lowest BCUT2D eigenvalue weighted by molar-refractivity contribution is 0.0941. The summed E-state index contributed by atoms with van der Waals surface area (Å²) in [5, 5.41) is 3.43. The van der Waals surface area contributed by atoms with E-state index in [1.54, 1.807) is 6.07 Å². The molecule has 3 heteroatoms. The minimum absolute atomic E-state index is 0.0180. The monoisotopic (exact) mass is 195 g/mol. The SMILES string of the molecule is CC1CNC(=O)c2cc(Cl)ccc21. The van der Waals surface area contributed by atoms with E-state index in [1.807, 2.05) is 12.1 Å². The van der Waals surface area contributed by atoms with Crippen molar-refractivity contribution in [2.75, 3.05) is 6.54 Å². The van der Waals surface area contributed by atoms with Gasteiger partial charge in [-0.15, -0.1) is 0 Å². The van der Waals surface area contributed by atoms with Gasteiger partial charge < -0.3 is 5.32 Å². The molecule has 1 aromatic rings. The van der Waals surface area contributed by atoms with Crippen molar-refractivity contribution in [3.8, 4) is 0 Å². The molecule has 0 aromatic heterocycles. The minimum Gasteiger partial charge on any atom is -0.351 e. The lowest BCUT2D eigenvalue weighted by Gasteiger charge is -2.22. The molecular formula is C10H10ClNO. The van der Waals surface area contributed by atoms with Crippen LogP contribution >= 0.6 is 11.6 Å². The molecule has 1 aromatic carbocycles. The highest BCUT2D eigenvalue weighted by molar-refractivity contribution is 6.31. The predicted octanol–water partition coefficient (Wildman–Crippen LogP) is 2.19. The fraction of sp³-hybridized carbons (Fsp3) is 0.300. The van der Waals surface area contributed by atoms with E-state index < -0.39 is 0 Å². The molecule has 1 atom stereocenters. The lowest BCUT2D eigenvalue weighted by Crippen LogP contribution is -2.33. The number of hydrogen-bond acceptors (Lipinski definition) is 1. The number of amides is 1. The molecule has 0 bridgehead atoms. The Morgan fingerprint density at radius 2 is 2.31 bits per heavy atom. The number of nitrogens with one attached hydrogen (secondary N) is 1. The van der Waals surface area contributed by atoms with Crippen molar-refractivity contribution in [3.63, 3.8) is 0 Å². The first-order chi connectivity index (χ1) is 6.18. The number of halogens is 1. The van der Waals surface area contributed by atoms with Crippen molar-refractivity contribution < 1.29 is 4.79 Å². The van der Waals surface area contributed by atoms with Crippen LogP contribution in [0.2, 0.25) is 5.02 Å². The first kappa shape index (κ1) is 8.57. The van der Waals surface area contributed by atoms with Crippen LogP contribution in [0, 0.1) is 0 Å². The van der Waals surface area contributed by atoms with Crippen LogP contribution in [-0.2, 0) is 0 Å². The first-order valence-corrected chi connectivity index (χ1v) is 4.64. The van der Waals surface area contributed by atoms with E-state index in [0.717, 1.165) is 5.56 Å². The maximum atomic E-state index is 11.4. The van der Waals surface area contributed by atoms with Gasteiger partial charge in [0.1, 0.15) is 0 Å². The molecule has 13 heavy (non-hydrogen) atoms. The van der Waals surface area contributed by atoms with Crippen molar-refractivity contribution in [2.24, 2.45) is 0 Å². The average Bonchev–Trinajstić information content (AvgIpc) is 2.12. The van der Waals surface area contributed by atoms with Crippen LogP contribution in [0.1, 0.15) is 28.8 Å². The zero-order valence-corrected chi connectivity index (χ0v) is 8.06. The molecule has 0 spiro atoms. The van der Waals surface area contributed by atoms with Gasteiger partial charge in [-0.3, -0.25) is 4.79 Å². The normalized spacial score (nSPS) is 20.8. The van der Waals surface area contributed by atoms with Crippen molar-refractivity contribution in [3.05, 3.63) is 34.3 Å². The largest absolute Gasteiger partial charge is 0.351 e. The zero-order valence-electron chi connectivity index (χ0n) is 7.30. The summed E-state index contributed by atoms with van der Waals surface area (Å²) in [6.45, 7) is 2.81. The van der Waals surface area contributed by atoms with Crippen LogP contribution in [0.3, 0.4) is 0 Å². The average molecular weight is 196 g/mol. The number of benzene rings is 1.